The summed E-state index contributed by atoms with van der Waals surface area (Å²) in [5.41, 5.74) is 4.73. The van der Waals surface area contributed by atoms with Crippen molar-refractivity contribution in [2.75, 3.05) is 25.0 Å². The van der Waals surface area contributed by atoms with Crippen molar-refractivity contribution in [2.24, 2.45) is 0 Å². The summed E-state index contributed by atoms with van der Waals surface area (Å²) in [6.07, 6.45) is 10.9. The fourth-order valence-corrected chi connectivity index (χ4v) is 5.10. The maximum Gasteiger partial charge on any atom is 0.255 e. The summed E-state index contributed by atoms with van der Waals surface area (Å²) in [5.74, 6) is 0.820. The molecule has 1 amide bonds. The molecule has 3 aromatic heterocycles. The number of allylic oxidation sites excluding steroid dienone is 2. The molecule has 0 N–H and O–H groups in total. The predicted molar refractivity (Wildman–Crippen MR) is 141 cm³/mol. The number of carbonyl (C=O) groups is 1. The van der Waals surface area contributed by atoms with E-state index in [1.807, 2.05) is 49.2 Å². The Morgan fingerprint density at radius 3 is 2.72 bits per heavy atom. The van der Waals surface area contributed by atoms with Crippen LogP contribution in [0.1, 0.15) is 41.3 Å². The molecule has 3 aromatic rings. The van der Waals surface area contributed by atoms with Gasteiger partial charge in [0.05, 0.1) is 17.0 Å². The Bertz CT molecular complexity index is 1390. The summed E-state index contributed by atoms with van der Waals surface area (Å²) in [6.45, 7) is 7.71. The predicted octanol–water partition coefficient (Wildman–Crippen LogP) is 3.59. The monoisotopic (exact) mass is 482 g/mol. The highest BCUT2D eigenvalue weighted by Gasteiger charge is 2.30. The third-order valence-electron chi connectivity index (χ3n) is 7.06. The first kappa shape index (κ1) is 23.7. The van der Waals surface area contributed by atoms with Crippen molar-refractivity contribution in [3.63, 3.8) is 0 Å². The quantitative estimate of drug-likeness (QED) is 0.500. The fraction of sp³-hybridized carbons (Fsp3) is 0.321. The first-order valence-electron chi connectivity index (χ1n) is 12.3. The normalized spacial score (nSPS) is 15.4. The Labute approximate surface area is 210 Å². The Kier molecular flexibility index (Phi) is 6.50. The Balaban J connectivity index is 1.32. The Morgan fingerprint density at radius 2 is 2.00 bits per heavy atom. The zero-order valence-corrected chi connectivity index (χ0v) is 20.7. The fourth-order valence-electron chi connectivity index (χ4n) is 5.10. The number of hydrogen-bond acceptors (Lipinski definition) is 6. The Hall–Kier alpha value is -4.07. The van der Waals surface area contributed by atoms with E-state index in [1.165, 1.54) is 0 Å². The van der Waals surface area contributed by atoms with Crippen molar-refractivity contribution < 1.29 is 4.79 Å². The molecule has 0 bridgehead atoms. The summed E-state index contributed by atoms with van der Waals surface area (Å²) in [5, 5.41) is 0. The van der Waals surface area contributed by atoms with Crippen LogP contribution in [-0.4, -0.2) is 56.5 Å². The number of hydrogen-bond donors (Lipinski definition) is 0. The lowest BCUT2D eigenvalue weighted by molar-refractivity contribution is 0.0708. The molecule has 36 heavy (non-hydrogen) atoms. The van der Waals surface area contributed by atoms with Gasteiger partial charge in [0.2, 0.25) is 0 Å². The van der Waals surface area contributed by atoms with Gasteiger partial charge >= 0.3 is 0 Å². The van der Waals surface area contributed by atoms with E-state index in [4.69, 9.17) is 0 Å². The summed E-state index contributed by atoms with van der Waals surface area (Å²) in [7, 11) is 1.87. The van der Waals surface area contributed by atoms with Gasteiger partial charge < -0.3 is 14.4 Å². The Morgan fingerprint density at radius 1 is 1.19 bits per heavy atom. The lowest BCUT2D eigenvalue weighted by Gasteiger charge is -2.37. The number of rotatable bonds is 6. The molecule has 184 valence electrons. The van der Waals surface area contributed by atoms with E-state index in [1.54, 1.807) is 29.4 Å². The molecular weight excluding hydrogens is 452 g/mol. The average Bonchev–Trinajstić information content (AvgIpc) is 3.32. The molecular formula is C28H30N6O2. The van der Waals surface area contributed by atoms with Gasteiger partial charge in [-0.05, 0) is 43.9 Å². The standard InChI is InChI=1S/C28H30N6O2/c1-4-11-34-17-23(21-14-19(2)15-22(21)28(34)36)27(35)32(3)20-8-12-33(13-9-20)26-16-25(30-18-31-26)24-7-5-6-10-29-24/h4-7,10,14,16-18,20H,1,8-9,11-13,15H2,2-3H3. The van der Waals surface area contributed by atoms with Crippen LogP contribution in [0.4, 0.5) is 5.82 Å². The van der Waals surface area contributed by atoms with Gasteiger partial charge in [-0.3, -0.25) is 14.6 Å². The number of amides is 1. The molecule has 0 saturated carbocycles. The highest BCUT2D eigenvalue weighted by Crippen LogP contribution is 2.28. The van der Waals surface area contributed by atoms with Crippen molar-refractivity contribution >= 4 is 17.8 Å². The van der Waals surface area contributed by atoms with Crippen LogP contribution < -0.4 is 10.5 Å². The van der Waals surface area contributed by atoms with Gasteiger partial charge in [0.15, 0.2) is 0 Å². The van der Waals surface area contributed by atoms with Crippen LogP contribution in [0.15, 0.2) is 66.0 Å². The molecule has 0 spiro atoms. The van der Waals surface area contributed by atoms with Gasteiger partial charge in [-0.15, -0.1) is 6.58 Å². The van der Waals surface area contributed by atoms with Crippen LogP contribution >= 0.6 is 0 Å². The van der Waals surface area contributed by atoms with Gasteiger partial charge in [-0.2, -0.15) is 0 Å². The van der Waals surface area contributed by atoms with E-state index < -0.39 is 0 Å². The largest absolute Gasteiger partial charge is 0.356 e. The molecule has 1 saturated heterocycles. The van der Waals surface area contributed by atoms with E-state index >= 15 is 0 Å². The number of fused-ring (bicyclic) bond motifs is 1. The summed E-state index contributed by atoms with van der Waals surface area (Å²) < 4.78 is 1.59. The molecule has 0 atom stereocenters. The first-order chi connectivity index (χ1) is 17.5. The lowest BCUT2D eigenvalue weighted by atomic mass is 10.0. The summed E-state index contributed by atoms with van der Waals surface area (Å²) in [4.78, 5) is 43.8. The van der Waals surface area contributed by atoms with E-state index in [-0.39, 0.29) is 17.5 Å². The zero-order chi connectivity index (χ0) is 25.2. The number of anilines is 1. The molecule has 1 aliphatic heterocycles. The highest BCUT2D eigenvalue weighted by molar-refractivity contribution is 5.98. The van der Waals surface area contributed by atoms with Crippen LogP contribution in [0.2, 0.25) is 0 Å². The molecule has 0 aromatic carbocycles. The number of piperidine rings is 1. The third-order valence-corrected chi connectivity index (χ3v) is 7.06. The molecule has 8 heteroatoms. The van der Waals surface area contributed by atoms with E-state index in [2.05, 4.69) is 26.4 Å². The van der Waals surface area contributed by atoms with Crippen LogP contribution in [0.25, 0.3) is 17.5 Å². The minimum Gasteiger partial charge on any atom is -0.356 e. The van der Waals surface area contributed by atoms with Gasteiger partial charge in [0.25, 0.3) is 11.5 Å². The molecule has 1 fully saturated rings. The maximum absolute atomic E-state index is 13.6. The number of nitrogens with zero attached hydrogens (tertiary/aromatic N) is 6. The van der Waals surface area contributed by atoms with Crippen molar-refractivity contribution in [1.82, 2.24) is 24.4 Å². The number of pyridine rings is 2. The SMILES string of the molecule is C=CCn1cc(C(=O)N(C)C2CCN(c3cc(-c4ccccn4)ncn3)CC2)c2c(c1=O)CC(C)=C2. The van der Waals surface area contributed by atoms with E-state index in [9.17, 15) is 9.59 Å². The minimum atomic E-state index is -0.0482. The molecule has 1 aliphatic carbocycles. The first-order valence-corrected chi connectivity index (χ1v) is 12.3. The smallest absolute Gasteiger partial charge is 0.255 e. The molecule has 0 unspecified atom stereocenters. The van der Waals surface area contributed by atoms with Crippen LogP contribution in [-0.2, 0) is 13.0 Å². The topological polar surface area (TPSA) is 84.2 Å². The third kappa shape index (κ3) is 4.46. The molecule has 4 heterocycles. The van der Waals surface area contributed by atoms with E-state index in [0.29, 0.717) is 24.1 Å². The van der Waals surface area contributed by atoms with Crippen molar-refractivity contribution in [1.29, 1.82) is 0 Å². The second kappa shape index (κ2) is 9.89. The number of aromatic nitrogens is 4. The van der Waals surface area contributed by atoms with Gasteiger partial charge in [0, 0.05) is 56.7 Å². The molecule has 2 aliphatic rings. The lowest BCUT2D eigenvalue weighted by Crippen LogP contribution is -2.46. The van der Waals surface area contributed by atoms with Gasteiger partial charge in [-0.1, -0.05) is 23.8 Å². The summed E-state index contributed by atoms with van der Waals surface area (Å²) in [6, 6.07) is 7.84. The highest BCUT2D eigenvalue weighted by atomic mass is 16.2. The second-order valence-corrected chi connectivity index (χ2v) is 9.46. The van der Waals surface area contributed by atoms with E-state index in [0.717, 1.165) is 54.3 Å². The second-order valence-electron chi connectivity index (χ2n) is 9.46. The molecule has 8 nitrogen and oxygen atoms in total. The van der Waals surface area contributed by atoms with Gasteiger partial charge in [0.1, 0.15) is 12.1 Å². The average molecular weight is 483 g/mol. The van der Waals surface area contributed by atoms with Crippen molar-refractivity contribution in [2.45, 2.75) is 38.8 Å². The molecule has 5 rings (SSSR count). The van der Waals surface area contributed by atoms with Crippen molar-refractivity contribution in [3.05, 3.63) is 88.3 Å². The van der Waals surface area contributed by atoms with Crippen LogP contribution in [0, 0.1) is 0 Å². The molecule has 0 radical (unpaired) electrons. The van der Waals surface area contributed by atoms with Crippen LogP contribution in [0.5, 0.6) is 0 Å². The number of carbonyl (C=O) groups excluding carboxylic acids is 1. The minimum absolute atomic E-state index is 0.0413. The zero-order valence-electron chi connectivity index (χ0n) is 20.7. The maximum atomic E-state index is 13.6. The van der Waals surface area contributed by atoms with Gasteiger partial charge in [-0.25, -0.2) is 9.97 Å². The van der Waals surface area contributed by atoms with Crippen LogP contribution in [0.3, 0.4) is 0 Å². The van der Waals surface area contributed by atoms with Crippen molar-refractivity contribution in [3.8, 4) is 11.4 Å². The summed E-state index contributed by atoms with van der Waals surface area (Å²) >= 11 is 0.